The lowest BCUT2D eigenvalue weighted by molar-refractivity contribution is 0.101. The van der Waals surface area contributed by atoms with Crippen molar-refractivity contribution < 1.29 is 4.79 Å². The van der Waals surface area contributed by atoms with Crippen LogP contribution in [-0.4, -0.2) is 5.78 Å². The van der Waals surface area contributed by atoms with Gasteiger partial charge in [0.2, 0.25) is 0 Å². The van der Waals surface area contributed by atoms with E-state index in [1.807, 2.05) is 12.1 Å². The Kier molecular flexibility index (Phi) is 2.92. The van der Waals surface area contributed by atoms with Gasteiger partial charge in [-0.3, -0.25) is 4.79 Å². The molecule has 0 radical (unpaired) electrons. The van der Waals surface area contributed by atoms with Crippen molar-refractivity contribution in [1.82, 2.24) is 0 Å². The maximum absolute atomic E-state index is 11.8. The van der Waals surface area contributed by atoms with Crippen LogP contribution in [0.1, 0.15) is 63.0 Å². The van der Waals surface area contributed by atoms with Crippen molar-refractivity contribution in [1.29, 1.82) is 0 Å². The Morgan fingerprint density at radius 1 is 1.33 bits per heavy atom. The maximum Gasteiger partial charge on any atom is 0.160 e. The molecule has 1 aliphatic carbocycles. The fourth-order valence-corrected chi connectivity index (χ4v) is 3.54. The fourth-order valence-electron chi connectivity index (χ4n) is 3.54. The van der Waals surface area contributed by atoms with Gasteiger partial charge in [0.15, 0.2) is 5.78 Å². The van der Waals surface area contributed by atoms with Crippen LogP contribution in [0.5, 0.6) is 0 Å². The number of Topliss-reactive ketones (excluding diaryl/α,β-unsaturated/α-hetero) is 1. The van der Waals surface area contributed by atoms with Crippen molar-refractivity contribution in [3.05, 3.63) is 34.9 Å². The van der Waals surface area contributed by atoms with Crippen LogP contribution in [0.2, 0.25) is 0 Å². The monoisotopic (exact) mass is 244 g/mol. The van der Waals surface area contributed by atoms with Crippen LogP contribution in [0, 0.1) is 11.3 Å². The molecular formula is C17H24O. The largest absolute Gasteiger partial charge is 0.295 e. The van der Waals surface area contributed by atoms with Crippen molar-refractivity contribution in [2.24, 2.45) is 11.3 Å². The second-order valence-electron chi connectivity index (χ2n) is 6.95. The highest BCUT2D eigenvalue weighted by molar-refractivity contribution is 5.96. The minimum absolute atomic E-state index is 0.147. The van der Waals surface area contributed by atoms with Crippen molar-refractivity contribution in [2.45, 2.75) is 53.4 Å². The van der Waals surface area contributed by atoms with Gasteiger partial charge in [-0.2, -0.15) is 0 Å². The summed E-state index contributed by atoms with van der Waals surface area (Å²) in [6.07, 6.45) is 1.03. The molecule has 0 fully saturated rings. The first-order valence-corrected chi connectivity index (χ1v) is 6.83. The average molecular weight is 244 g/mol. The van der Waals surface area contributed by atoms with E-state index >= 15 is 0 Å². The number of carbonyl (C=O) groups is 1. The fraction of sp³-hybridized carbons (Fsp3) is 0.588. The SMILES string of the molecule is CC(=O)c1cccc2c1CC(C)C2(C)C(C)(C)C. The number of fused-ring (bicyclic) bond motifs is 1. The Morgan fingerprint density at radius 2 is 1.94 bits per heavy atom. The first-order chi connectivity index (χ1) is 8.19. The number of benzene rings is 1. The van der Waals surface area contributed by atoms with E-state index in [4.69, 9.17) is 0 Å². The van der Waals surface area contributed by atoms with E-state index in [1.165, 1.54) is 11.1 Å². The number of rotatable bonds is 1. The summed E-state index contributed by atoms with van der Waals surface area (Å²) in [5.41, 5.74) is 3.94. The van der Waals surface area contributed by atoms with Crippen LogP contribution in [-0.2, 0) is 11.8 Å². The summed E-state index contributed by atoms with van der Waals surface area (Å²) in [5, 5.41) is 0. The van der Waals surface area contributed by atoms with Gasteiger partial charge in [-0.25, -0.2) is 0 Å². The number of ketones is 1. The van der Waals surface area contributed by atoms with E-state index in [2.05, 4.69) is 40.7 Å². The molecule has 1 nitrogen and oxygen atoms in total. The van der Waals surface area contributed by atoms with E-state index in [-0.39, 0.29) is 16.6 Å². The zero-order chi connectivity index (χ0) is 13.7. The second kappa shape index (κ2) is 3.94. The van der Waals surface area contributed by atoms with Crippen molar-refractivity contribution in [3.63, 3.8) is 0 Å². The van der Waals surface area contributed by atoms with Gasteiger partial charge in [-0.15, -0.1) is 0 Å². The molecule has 0 heterocycles. The van der Waals surface area contributed by atoms with Gasteiger partial charge >= 0.3 is 0 Å². The molecule has 1 heteroatoms. The van der Waals surface area contributed by atoms with Crippen LogP contribution >= 0.6 is 0 Å². The number of hydrogen-bond acceptors (Lipinski definition) is 1. The van der Waals surface area contributed by atoms with Crippen LogP contribution in [0.3, 0.4) is 0 Å². The Balaban J connectivity index is 2.68. The average Bonchev–Trinajstić information content (AvgIpc) is 2.51. The smallest absolute Gasteiger partial charge is 0.160 e. The van der Waals surface area contributed by atoms with E-state index in [0.29, 0.717) is 5.92 Å². The van der Waals surface area contributed by atoms with Crippen LogP contribution < -0.4 is 0 Å². The molecule has 0 saturated heterocycles. The summed E-state index contributed by atoms with van der Waals surface area (Å²) in [7, 11) is 0. The highest BCUT2D eigenvalue weighted by Crippen LogP contribution is 2.53. The third-order valence-corrected chi connectivity index (χ3v) is 5.17. The molecule has 18 heavy (non-hydrogen) atoms. The highest BCUT2D eigenvalue weighted by Gasteiger charge is 2.49. The summed E-state index contributed by atoms with van der Waals surface area (Å²) < 4.78 is 0. The van der Waals surface area contributed by atoms with Crippen molar-refractivity contribution in [2.75, 3.05) is 0 Å². The molecule has 0 aliphatic heterocycles. The summed E-state index contributed by atoms with van der Waals surface area (Å²) in [4.78, 5) is 11.8. The van der Waals surface area contributed by atoms with Crippen LogP contribution in [0.15, 0.2) is 18.2 Å². The highest BCUT2D eigenvalue weighted by atomic mass is 16.1. The number of hydrogen-bond donors (Lipinski definition) is 0. The van der Waals surface area contributed by atoms with E-state index < -0.39 is 0 Å². The molecule has 2 unspecified atom stereocenters. The molecule has 2 atom stereocenters. The van der Waals surface area contributed by atoms with Crippen LogP contribution in [0.4, 0.5) is 0 Å². The van der Waals surface area contributed by atoms with E-state index in [9.17, 15) is 4.79 Å². The summed E-state index contributed by atoms with van der Waals surface area (Å²) in [5.74, 6) is 0.769. The van der Waals surface area contributed by atoms with Gasteiger partial charge in [0.1, 0.15) is 0 Å². The minimum atomic E-state index is 0.147. The van der Waals surface area contributed by atoms with E-state index in [1.54, 1.807) is 6.92 Å². The molecule has 2 rings (SSSR count). The van der Waals surface area contributed by atoms with Crippen molar-refractivity contribution >= 4 is 5.78 Å². The van der Waals surface area contributed by atoms with Crippen molar-refractivity contribution in [3.8, 4) is 0 Å². The molecule has 0 spiro atoms. The molecule has 0 saturated carbocycles. The maximum atomic E-state index is 11.8. The Bertz CT molecular complexity index is 493. The van der Waals surface area contributed by atoms with Gasteiger partial charge in [0.05, 0.1) is 0 Å². The summed E-state index contributed by atoms with van der Waals surface area (Å²) in [6, 6.07) is 6.23. The minimum Gasteiger partial charge on any atom is -0.295 e. The Labute approximate surface area is 111 Å². The van der Waals surface area contributed by atoms with E-state index in [0.717, 1.165) is 12.0 Å². The normalized spacial score (nSPS) is 27.1. The molecule has 98 valence electrons. The standard InChI is InChI=1S/C17H24O/c1-11-10-14-13(12(2)18)8-7-9-15(14)17(11,6)16(3,4)5/h7-9,11H,10H2,1-6H3. The zero-order valence-corrected chi connectivity index (χ0v) is 12.4. The molecule has 1 aromatic rings. The predicted molar refractivity (Wildman–Crippen MR) is 76.1 cm³/mol. The Morgan fingerprint density at radius 3 is 2.44 bits per heavy atom. The van der Waals surface area contributed by atoms with Gasteiger partial charge < -0.3 is 0 Å². The second-order valence-corrected chi connectivity index (χ2v) is 6.95. The summed E-state index contributed by atoms with van der Waals surface area (Å²) in [6.45, 7) is 13.3. The molecule has 1 aliphatic rings. The number of carbonyl (C=O) groups excluding carboxylic acids is 1. The lowest BCUT2D eigenvalue weighted by Gasteiger charge is -2.43. The molecule has 0 aromatic heterocycles. The molecule has 1 aromatic carbocycles. The van der Waals surface area contributed by atoms with Gasteiger partial charge in [-0.1, -0.05) is 52.8 Å². The quantitative estimate of drug-likeness (QED) is 0.670. The molecular weight excluding hydrogens is 220 g/mol. The molecule has 0 N–H and O–H groups in total. The Hall–Kier alpha value is -1.11. The first kappa shape index (κ1) is 13.3. The summed E-state index contributed by atoms with van der Waals surface area (Å²) >= 11 is 0. The first-order valence-electron chi connectivity index (χ1n) is 6.83. The lowest BCUT2D eigenvalue weighted by atomic mass is 9.61. The van der Waals surface area contributed by atoms with Crippen LogP contribution in [0.25, 0.3) is 0 Å². The topological polar surface area (TPSA) is 17.1 Å². The van der Waals surface area contributed by atoms with Gasteiger partial charge in [0.25, 0.3) is 0 Å². The third kappa shape index (κ3) is 1.64. The predicted octanol–water partition coefficient (Wildman–Crippen LogP) is 4.39. The van der Waals surface area contributed by atoms with Gasteiger partial charge in [-0.05, 0) is 35.8 Å². The third-order valence-electron chi connectivity index (χ3n) is 5.17. The molecule has 0 amide bonds. The molecule has 0 bridgehead atoms. The lowest BCUT2D eigenvalue weighted by Crippen LogP contribution is -2.40. The van der Waals surface area contributed by atoms with Gasteiger partial charge in [0, 0.05) is 11.0 Å². The zero-order valence-electron chi connectivity index (χ0n) is 12.4.